The molecule has 2 heterocycles. The summed E-state index contributed by atoms with van der Waals surface area (Å²) in [6.45, 7) is 0.290. The average molecular weight is 516 g/mol. The molecule has 0 saturated heterocycles. The number of hydrogen-bond donors (Lipinski definition) is 2. The highest BCUT2D eigenvalue weighted by molar-refractivity contribution is 8.01. The molecule has 0 fully saturated rings. The first-order valence-corrected chi connectivity index (χ1v) is 12.9. The number of thioether (sulfide) groups is 1. The van der Waals surface area contributed by atoms with Gasteiger partial charge in [0.15, 0.2) is 4.34 Å². The summed E-state index contributed by atoms with van der Waals surface area (Å²) in [4.78, 5) is 36.5. The predicted octanol–water partition coefficient (Wildman–Crippen LogP) is 4.07. The zero-order valence-electron chi connectivity index (χ0n) is 18.1. The fraction of sp³-hybridized carbons (Fsp3) is 0.227. The first-order chi connectivity index (χ1) is 16.5. The number of nitrogens with one attached hydrogen (secondary N) is 2. The third-order valence-electron chi connectivity index (χ3n) is 4.72. The van der Waals surface area contributed by atoms with Crippen molar-refractivity contribution >= 4 is 67.3 Å². The number of nitrogens with zero attached hydrogens (tertiary/aromatic N) is 3. The van der Waals surface area contributed by atoms with Crippen LogP contribution in [-0.2, 0) is 16.1 Å². The van der Waals surface area contributed by atoms with Gasteiger partial charge < -0.3 is 15.4 Å². The van der Waals surface area contributed by atoms with Crippen LogP contribution < -0.4 is 20.2 Å². The maximum absolute atomic E-state index is 12.3. The molecule has 0 aliphatic heterocycles. The van der Waals surface area contributed by atoms with Crippen molar-refractivity contribution in [1.82, 2.24) is 14.8 Å². The van der Waals surface area contributed by atoms with Gasteiger partial charge in [-0.1, -0.05) is 46.6 Å². The van der Waals surface area contributed by atoms with Crippen molar-refractivity contribution in [2.75, 3.05) is 23.5 Å². The maximum atomic E-state index is 12.3. The number of para-hydroxylation sites is 1. The Balaban J connectivity index is 1.20. The van der Waals surface area contributed by atoms with E-state index in [1.165, 1.54) is 34.4 Å². The number of rotatable bonds is 10. The lowest BCUT2D eigenvalue weighted by molar-refractivity contribution is -0.117. The van der Waals surface area contributed by atoms with Gasteiger partial charge in [-0.2, -0.15) is 0 Å². The van der Waals surface area contributed by atoms with Crippen LogP contribution in [0.3, 0.4) is 0 Å². The molecule has 0 bridgehead atoms. The average Bonchev–Trinajstić information content (AvgIpc) is 3.41. The molecule has 2 N–H and O–H groups in total. The van der Waals surface area contributed by atoms with Crippen molar-refractivity contribution in [2.24, 2.45) is 0 Å². The van der Waals surface area contributed by atoms with Crippen molar-refractivity contribution in [3.8, 4) is 5.75 Å². The lowest BCUT2D eigenvalue weighted by Crippen LogP contribution is -2.19. The van der Waals surface area contributed by atoms with E-state index in [0.29, 0.717) is 33.9 Å². The van der Waals surface area contributed by atoms with Gasteiger partial charge in [0.1, 0.15) is 5.75 Å². The minimum atomic E-state index is -0.242. The summed E-state index contributed by atoms with van der Waals surface area (Å²) < 4.78 is 8.27. The van der Waals surface area contributed by atoms with Crippen LogP contribution in [-0.4, -0.2) is 39.4 Å². The zero-order valence-corrected chi connectivity index (χ0v) is 20.6. The normalized spacial score (nSPS) is 10.9. The largest absolute Gasteiger partial charge is 0.497 e. The minimum absolute atomic E-state index is 0.0837. The fourth-order valence-corrected chi connectivity index (χ4v) is 5.76. The molecule has 0 saturated carbocycles. The molecule has 0 aliphatic carbocycles. The third-order valence-corrected chi connectivity index (χ3v) is 7.65. The molecule has 0 atom stereocenters. The summed E-state index contributed by atoms with van der Waals surface area (Å²) in [5.74, 6) is 0.904. The third kappa shape index (κ3) is 6.22. The number of hydrogen-bond acceptors (Lipinski definition) is 9. The quantitative estimate of drug-likeness (QED) is 0.242. The van der Waals surface area contributed by atoms with Crippen molar-refractivity contribution in [3.63, 3.8) is 0 Å². The van der Waals surface area contributed by atoms with Crippen molar-refractivity contribution < 1.29 is 14.3 Å². The number of carbonyl (C=O) groups is 2. The van der Waals surface area contributed by atoms with Crippen LogP contribution in [0.25, 0.3) is 10.2 Å². The van der Waals surface area contributed by atoms with Gasteiger partial charge in [0, 0.05) is 30.8 Å². The van der Waals surface area contributed by atoms with Gasteiger partial charge in [-0.15, -0.1) is 10.2 Å². The van der Waals surface area contributed by atoms with E-state index in [2.05, 4.69) is 20.8 Å². The Labute approximate surface area is 207 Å². The van der Waals surface area contributed by atoms with Crippen LogP contribution in [0.1, 0.15) is 12.8 Å². The summed E-state index contributed by atoms with van der Waals surface area (Å²) >= 11 is 3.81. The van der Waals surface area contributed by atoms with Gasteiger partial charge in [-0.25, -0.2) is 0 Å². The summed E-state index contributed by atoms with van der Waals surface area (Å²) in [6, 6.07) is 14.6. The van der Waals surface area contributed by atoms with E-state index >= 15 is 0 Å². The summed E-state index contributed by atoms with van der Waals surface area (Å²) in [5, 5.41) is 14.0. The predicted molar refractivity (Wildman–Crippen MR) is 136 cm³/mol. The van der Waals surface area contributed by atoms with Gasteiger partial charge in [-0.05, 0) is 36.4 Å². The number of amides is 2. The Bertz CT molecular complexity index is 1350. The molecule has 34 heavy (non-hydrogen) atoms. The second kappa shape index (κ2) is 11.3. The van der Waals surface area contributed by atoms with Crippen LogP contribution in [0.4, 0.5) is 10.8 Å². The number of carbonyl (C=O) groups excluding carboxylic acids is 2. The number of aromatic nitrogens is 3. The Hall–Kier alpha value is -3.22. The number of ether oxygens (including phenoxy) is 1. The molecule has 0 radical (unpaired) electrons. The molecule has 0 aliphatic rings. The number of aryl methyl sites for hydroxylation is 1. The van der Waals surface area contributed by atoms with Crippen LogP contribution in [0, 0.1) is 0 Å². The summed E-state index contributed by atoms with van der Waals surface area (Å²) in [7, 11) is 1.59. The summed E-state index contributed by atoms with van der Waals surface area (Å²) in [6.07, 6.45) is 0.454. The molecule has 12 heteroatoms. The topological polar surface area (TPSA) is 115 Å². The Morgan fingerprint density at radius 2 is 1.76 bits per heavy atom. The Morgan fingerprint density at radius 1 is 1.00 bits per heavy atom. The number of methoxy groups -OCH3 is 1. The van der Waals surface area contributed by atoms with E-state index in [-0.39, 0.29) is 23.1 Å². The monoisotopic (exact) mass is 515 g/mol. The van der Waals surface area contributed by atoms with E-state index in [0.717, 1.165) is 16.0 Å². The second-order valence-corrected chi connectivity index (χ2v) is 10.3. The van der Waals surface area contributed by atoms with E-state index in [1.807, 2.05) is 24.3 Å². The standard InChI is InChI=1S/C22H21N5O4S3/c1-31-15-8-6-14(7-9-15)23-19(29)11-13-32-21-26-25-20(34-21)24-18(28)10-12-27-16-4-2-3-5-17(16)33-22(27)30/h2-9H,10-13H2,1H3,(H,23,29)(H,24,25,28). The smallest absolute Gasteiger partial charge is 0.308 e. The van der Waals surface area contributed by atoms with Crippen molar-refractivity contribution in [3.05, 3.63) is 58.2 Å². The maximum Gasteiger partial charge on any atom is 0.308 e. The number of fused-ring (bicyclic) bond motifs is 1. The molecule has 4 aromatic rings. The van der Waals surface area contributed by atoms with E-state index in [4.69, 9.17) is 4.74 Å². The van der Waals surface area contributed by atoms with E-state index < -0.39 is 0 Å². The van der Waals surface area contributed by atoms with Gasteiger partial charge in [0.25, 0.3) is 0 Å². The second-order valence-electron chi connectivity index (χ2n) is 7.03. The van der Waals surface area contributed by atoms with E-state index in [9.17, 15) is 14.4 Å². The molecular formula is C22H21N5O4S3. The number of anilines is 2. The Kier molecular flexibility index (Phi) is 7.93. The number of benzene rings is 2. The molecule has 2 amide bonds. The zero-order chi connectivity index (χ0) is 23.9. The van der Waals surface area contributed by atoms with Crippen LogP contribution >= 0.6 is 34.4 Å². The molecular weight excluding hydrogens is 494 g/mol. The molecule has 0 unspecified atom stereocenters. The van der Waals surface area contributed by atoms with Crippen LogP contribution in [0.2, 0.25) is 0 Å². The van der Waals surface area contributed by atoms with Crippen LogP contribution in [0.15, 0.2) is 57.7 Å². The lowest BCUT2D eigenvalue weighted by Gasteiger charge is -2.05. The molecule has 0 spiro atoms. The SMILES string of the molecule is COc1ccc(NC(=O)CCSc2nnc(NC(=O)CCn3c(=O)sc4ccccc43)s2)cc1. The molecule has 176 valence electrons. The van der Waals surface area contributed by atoms with Crippen LogP contribution in [0.5, 0.6) is 5.75 Å². The van der Waals surface area contributed by atoms with Gasteiger partial charge in [0.2, 0.25) is 16.9 Å². The molecule has 9 nitrogen and oxygen atoms in total. The minimum Gasteiger partial charge on any atom is -0.497 e. The van der Waals surface area contributed by atoms with Gasteiger partial charge in [0.05, 0.1) is 17.3 Å². The van der Waals surface area contributed by atoms with Gasteiger partial charge in [-0.3, -0.25) is 19.0 Å². The summed E-state index contributed by atoms with van der Waals surface area (Å²) in [5.41, 5.74) is 1.53. The molecule has 2 aromatic heterocycles. The highest BCUT2D eigenvalue weighted by atomic mass is 32.2. The van der Waals surface area contributed by atoms with E-state index in [1.54, 1.807) is 35.9 Å². The highest BCUT2D eigenvalue weighted by Crippen LogP contribution is 2.26. The highest BCUT2D eigenvalue weighted by Gasteiger charge is 2.12. The molecule has 4 rings (SSSR count). The first-order valence-electron chi connectivity index (χ1n) is 10.3. The first kappa shape index (κ1) is 23.9. The van der Waals surface area contributed by atoms with Gasteiger partial charge >= 0.3 is 4.87 Å². The van der Waals surface area contributed by atoms with Crippen molar-refractivity contribution in [1.29, 1.82) is 0 Å². The fourth-order valence-electron chi connectivity index (χ4n) is 3.07. The lowest BCUT2D eigenvalue weighted by atomic mass is 10.3. The van der Waals surface area contributed by atoms with Crippen molar-refractivity contribution in [2.45, 2.75) is 23.7 Å². The molecule has 2 aromatic carbocycles. The number of thiazole rings is 1. The Morgan fingerprint density at radius 3 is 2.56 bits per heavy atom.